The van der Waals surface area contributed by atoms with Crippen molar-refractivity contribution in [1.82, 2.24) is 4.90 Å². The van der Waals surface area contributed by atoms with E-state index in [-0.39, 0.29) is 29.9 Å². The van der Waals surface area contributed by atoms with Crippen LogP contribution in [0.4, 0.5) is 13.2 Å². The third-order valence-electron chi connectivity index (χ3n) is 4.53. The molecule has 33 heavy (non-hydrogen) atoms. The van der Waals surface area contributed by atoms with Crippen molar-refractivity contribution >= 4 is 16.0 Å². The molecule has 0 N–H and O–H groups in total. The van der Waals surface area contributed by atoms with E-state index in [2.05, 4.69) is 0 Å². The first-order chi connectivity index (χ1) is 15.5. The van der Waals surface area contributed by atoms with Crippen molar-refractivity contribution in [3.05, 3.63) is 83.8 Å². The standard InChI is InChI=1S/C23H22F3NO5S/c1-16(2)14-27(22(28)21-10-5-11-31-21)15-17-6-3-8-19(12-17)32-33(29,30)20-9-4-7-18(13-20)23(24,25)26/h3-13,16H,14-15H2,1-2H3. The van der Waals surface area contributed by atoms with Crippen molar-refractivity contribution in [1.29, 1.82) is 0 Å². The normalized spacial score (nSPS) is 12.1. The van der Waals surface area contributed by atoms with Gasteiger partial charge in [-0.15, -0.1) is 0 Å². The van der Waals surface area contributed by atoms with E-state index in [9.17, 15) is 26.4 Å². The van der Waals surface area contributed by atoms with Gasteiger partial charge >= 0.3 is 16.3 Å². The van der Waals surface area contributed by atoms with Crippen molar-refractivity contribution in [3.8, 4) is 5.75 Å². The van der Waals surface area contributed by atoms with Gasteiger partial charge in [0.15, 0.2) is 5.76 Å². The molecule has 0 spiro atoms. The number of carbonyl (C=O) groups is 1. The van der Waals surface area contributed by atoms with Crippen LogP contribution in [0, 0.1) is 5.92 Å². The summed E-state index contributed by atoms with van der Waals surface area (Å²) < 4.78 is 74.2. The fourth-order valence-electron chi connectivity index (χ4n) is 3.13. The predicted octanol–water partition coefficient (Wildman–Crippen LogP) is 5.36. The molecule has 0 aliphatic carbocycles. The van der Waals surface area contributed by atoms with Gasteiger partial charge in [-0.25, -0.2) is 0 Å². The maximum absolute atomic E-state index is 12.9. The number of furan rings is 1. The number of carbonyl (C=O) groups excluding carboxylic acids is 1. The molecule has 0 fully saturated rings. The van der Waals surface area contributed by atoms with Gasteiger partial charge in [0.05, 0.1) is 11.8 Å². The first kappa shape index (κ1) is 24.4. The number of halogens is 3. The minimum atomic E-state index is -4.69. The van der Waals surface area contributed by atoms with Crippen LogP contribution in [0.25, 0.3) is 0 Å². The largest absolute Gasteiger partial charge is 0.459 e. The second kappa shape index (κ2) is 9.70. The van der Waals surface area contributed by atoms with Gasteiger partial charge in [0.25, 0.3) is 5.91 Å². The highest BCUT2D eigenvalue weighted by atomic mass is 32.2. The zero-order valence-corrected chi connectivity index (χ0v) is 18.7. The van der Waals surface area contributed by atoms with Crippen LogP contribution >= 0.6 is 0 Å². The predicted molar refractivity (Wildman–Crippen MR) is 114 cm³/mol. The summed E-state index contributed by atoms with van der Waals surface area (Å²) in [5.41, 5.74) is -0.519. The Bertz CT molecular complexity index is 1200. The SMILES string of the molecule is CC(C)CN(Cc1cccc(OS(=O)(=O)c2cccc(C(F)(F)F)c2)c1)C(=O)c1ccco1. The number of alkyl halides is 3. The molecule has 1 heterocycles. The number of amides is 1. The molecule has 0 saturated heterocycles. The van der Waals surface area contributed by atoms with E-state index < -0.39 is 26.8 Å². The summed E-state index contributed by atoms with van der Waals surface area (Å²) in [6.07, 6.45) is -3.29. The van der Waals surface area contributed by atoms with Gasteiger partial charge in [-0.3, -0.25) is 4.79 Å². The number of rotatable bonds is 8. The second-order valence-corrected chi connectivity index (χ2v) is 9.31. The summed E-state index contributed by atoms with van der Waals surface area (Å²) in [6.45, 7) is 4.47. The number of hydrogen-bond acceptors (Lipinski definition) is 5. The molecule has 0 saturated carbocycles. The Morgan fingerprint density at radius 3 is 2.42 bits per heavy atom. The first-order valence-electron chi connectivity index (χ1n) is 9.99. The monoisotopic (exact) mass is 481 g/mol. The number of nitrogens with zero attached hydrogens (tertiary/aromatic N) is 1. The third kappa shape index (κ3) is 6.38. The average Bonchev–Trinajstić information content (AvgIpc) is 3.27. The quantitative estimate of drug-likeness (QED) is 0.405. The molecular weight excluding hydrogens is 459 g/mol. The smallest absolute Gasteiger partial charge is 0.416 e. The summed E-state index contributed by atoms with van der Waals surface area (Å²) in [5.74, 6) is -0.0729. The maximum Gasteiger partial charge on any atom is 0.416 e. The molecule has 0 bridgehead atoms. The van der Waals surface area contributed by atoms with Gasteiger partial charge in [-0.2, -0.15) is 21.6 Å². The van der Waals surface area contributed by atoms with Gasteiger partial charge in [0.2, 0.25) is 0 Å². The molecule has 3 rings (SSSR count). The Labute approximate surface area is 189 Å². The Morgan fingerprint density at radius 1 is 1.06 bits per heavy atom. The molecule has 1 aromatic heterocycles. The summed E-state index contributed by atoms with van der Waals surface area (Å²) in [4.78, 5) is 13.7. The molecule has 1 amide bonds. The van der Waals surface area contributed by atoms with Crippen LogP contribution in [-0.4, -0.2) is 25.8 Å². The molecule has 2 aromatic carbocycles. The van der Waals surface area contributed by atoms with Crippen molar-refractivity contribution in [2.75, 3.05) is 6.54 Å². The molecule has 10 heteroatoms. The number of benzene rings is 2. The molecule has 6 nitrogen and oxygen atoms in total. The van der Waals surface area contributed by atoms with Crippen LogP contribution < -0.4 is 4.18 Å². The van der Waals surface area contributed by atoms with E-state index in [1.165, 1.54) is 24.5 Å². The minimum absolute atomic E-state index is 0.0835. The lowest BCUT2D eigenvalue weighted by Gasteiger charge is -2.24. The summed E-state index contributed by atoms with van der Waals surface area (Å²) in [7, 11) is -4.51. The zero-order valence-electron chi connectivity index (χ0n) is 17.9. The van der Waals surface area contributed by atoms with Crippen molar-refractivity contribution in [3.63, 3.8) is 0 Å². The van der Waals surface area contributed by atoms with Gasteiger partial charge in [-0.1, -0.05) is 32.0 Å². The van der Waals surface area contributed by atoms with E-state index in [4.69, 9.17) is 8.60 Å². The molecule has 0 atom stereocenters. The second-order valence-electron chi connectivity index (χ2n) is 7.77. The lowest BCUT2D eigenvalue weighted by Crippen LogP contribution is -2.33. The van der Waals surface area contributed by atoms with Crippen LogP contribution in [0.15, 0.2) is 76.2 Å². The Balaban J connectivity index is 1.82. The van der Waals surface area contributed by atoms with Crippen LogP contribution in [0.1, 0.15) is 35.5 Å². The van der Waals surface area contributed by atoms with E-state index in [1.807, 2.05) is 13.8 Å². The highest BCUT2D eigenvalue weighted by Crippen LogP contribution is 2.31. The van der Waals surface area contributed by atoms with Gasteiger partial charge in [0, 0.05) is 13.1 Å². The van der Waals surface area contributed by atoms with E-state index in [0.29, 0.717) is 18.2 Å². The third-order valence-corrected chi connectivity index (χ3v) is 5.78. The number of hydrogen-bond donors (Lipinski definition) is 0. The fourth-order valence-corrected chi connectivity index (χ4v) is 4.10. The summed E-state index contributed by atoms with van der Waals surface area (Å²) >= 11 is 0. The van der Waals surface area contributed by atoms with Crippen LogP contribution in [0.2, 0.25) is 0 Å². The van der Waals surface area contributed by atoms with Crippen molar-refractivity contribution < 1.29 is 35.0 Å². The van der Waals surface area contributed by atoms with Gasteiger partial charge in [-0.05, 0) is 53.9 Å². The lowest BCUT2D eigenvalue weighted by atomic mass is 10.1. The molecule has 176 valence electrons. The van der Waals surface area contributed by atoms with Gasteiger partial charge in [0.1, 0.15) is 10.6 Å². The first-order valence-corrected chi connectivity index (χ1v) is 11.4. The van der Waals surface area contributed by atoms with E-state index in [1.54, 1.807) is 23.1 Å². The lowest BCUT2D eigenvalue weighted by molar-refractivity contribution is -0.137. The van der Waals surface area contributed by atoms with Crippen LogP contribution in [0.5, 0.6) is 5.75 Å². The molecule has 0 aliphatic rings. The summed E-state index contributed by atoms with van der Waals surface area (Å²) in [5, 5.41) is 0. The zero-order chi connectivity index (χ0) is 24.2. The molecule has 0 aliphatic heterocycles. The van der Waals surface area contributed by atoms with Crippen molar-refractivity contribution in [2.45, 2.75) is 31.5 Å². The molecular formula is C23H22F3NO5S. The summed E-state index contributed by atoms with van der Waals surface area (Å²) in [6, 6.07) is 12.5. The fraction of sp³-hybridized carbons (Fsp3) is 0.261. The molecule has 0 unspecified atom stereocenters. The highest BCUT2D eigenvalue weighted by Gasteiger charge is 2.32. The molecule has 0 radical (unpaired) electrons. The average molecular weight is 481 g/mol. The van der Waals surface area contributed by atoms with E-state index >= 15 is 0 Å². The molecule has 3 aromatic rings. The van der Waals surface area contributed by atoms with Crippen LogP contribution in [-0.2, 0) is 22.8 Å². The maximum atomic E-state index is 12.9. The minimum Gasteiger partial charge on any atom is -0.459 e. The Morgan fingerprint density at radius 2 is 1.79 bits per heavy atom. The highest BCUT2D eigenvalue weighted by molar-refractivity contribution is 7.87. The van der Waals surface area contributed by atoms with Crippen molar-refractivity contribution in [2.24, 2.45) is 5.92 Å². The Kier molecular flexibility index (Phi) is 7.16. The van der Waals surface area contributed by atoms with Gasteiger partial charge < -0.3 is 13.5 Å². The van der Waals surface area contributed by atoms with Crippen LogP contribution in [0.3, 0.4) is 0 Å². The van der Waals surface area contributed by atoms with E-state index in [0.717, 1.165) is 18.2 Å². The Hall–Kier alpha value is -3.27. The topological polar surface area (TPSA) is 76.8 Å².